The second-order valence-corrected chi connectivity index (χ2v) is 3.08. The molecule has 10 heavy (non-hydrogen) atoms. The smallest absolute Gasteiger partial charge is 0.0177 e. The van der Waals surface area contributed by atoms with E-state index in [-0.39, 0.29) is 0 Å². The van der Waals surface area contributed by atoms with Crippen molar-refractivity contribution in [1.29, 1.82) is 0 Å². The number of rotatable bonds is 2. The van der Waals surface area contributed by atoms with E-state index in [4.69, 9.17) is 6.92 Å². The van der Waals surface area contributed by atoms with Crippen molar-refractivity contribution in [3.8, 4) is 0 Å². The molecule has 52 valence electrons. The van der Waals surface area contributed by atoms with Crippen LogP contribution in [0.3, 0.4) is 0 Å². The molecule has 0 aliphatic heterocycles. The Morgan fingerprint density at radius 1 is 1.40 bits per heavy atom. The van der Waals surface area contributed by atoms with Crippen molar-refractivity contribution < 1.29 is 0 Å². The van der Waals surface area contributed by atoms with E-state index in [1.54, 1.807) is 0 Å². The molecule has 2 radical (unpaired) electrons. The second-order valence-electron chi connectivity index (χ2n) is 2.17. The van der Waals surface area contributed by atoms with Gasteiger partial charge in [-0.2, -0.15) is 0 Å². The lowest BCUT2D eigenvalue weighted by Gasteiger charge is -1.96. The van der Waals surface area contributed by atoms with Crippen molar-refractivity contribution in [3.63, 3.8) is 0 Å². The third-order valence-electron chi connectivity index (χ3n) is 1.32. The molecule has 0 saturated carbocycles. The summed E-state index contributed by atoms with van der Waals surface area (Å²) in [6, 6.07) is 8.21. The number of halogens is 1. The molecule has 0 spiro atoms. The molecular formula is C9H9Br. The highest BCUT2D eigenvalue weighted by Gasteiger charge is 1.90. The summed E-state index contributed by atoms with van der Waals surface area (Å²) in [6.07, 6.45) is 1.68. The third kappa shape index (κ3) is 2.14. The third-order valence-corrected chi connectivity index (χ3v) is 1.82. The molecule has 0 fully saturated rings. The van der Waals surface area contributed by atoms with Crippen LogP contribution in [0.2, 0.25) is 0 Å². The van der Waals surface area contributed by atoms with Crippen LogP contribution in [0.15, 0.2) is 28.7 Å². The Kier molecular flexibility index (Phi) is 2.94. The largest absolute Gasteiger partial charge is 0.0609 e. The van der Waals surface area contributed by atoms with E-state index >= 15 is 0 Å². The van der Waals surface area contributed by atoms with Gasteiger partial charge in [0.05, 0.1) is 0 Å². The van der Waals surface area contributed by atoms with Gasteiger partial charge in [-0.25, -0.2) is 0 Å². The Morgan fingerprint density at radius 3 is 2.80 bits per heavy atom. The zero-order chi connectivity index (χ0) is 7.40. The highest BCUT2D eigenvalue weighted by atomic mass is 79.9. The van der Waals surface area contributed by atoms with E-state index in [0.717, 1.165) is 17.3 Å². The average molecular weight is 197 g/mol. The first-order chi connectivity index (χ1) is 4.83. The fraction of sp³-hybridized carbons (Fsp3) is 0.222. The maximum Gasteiger partial charge on any atom is 0.0177 e. The van der Waals surface area contributed by atoms with Crippen molar-refractivity contribution in [2.24, 2.45) is 0 Å². The Labute approximate surface area is 70.4 Å². The minimum Gasteiger partial charge on any atom is -0.0609 e. The summed E-state index contributed by atoms with van der Waals surface area (Å²) in [4.78, 5) is 0. The summed E-state index contributed by atoms with van der Waals surface area (Å²) in [5, 5.41) is 0. The zero-order valence-electron chi connectivity index (χ0n) is 5.68. The van der Waals surface area contributed by atoms with Crippen LogP contribution in [0.5, 0.6) is 0 Å². The predicted molar refractivity (Wildman–Crippen MR) is 46.8 cm³/mol. The lowest BCUT2D eigenvalue weighted by molar-refractivity contribution is 0.998. The summed E-state index contributed by atoms with van der Waals surface area (Å²) in [7, 11) is 0. The van der Waals surface area contributed by atoms with Gasteiger partial charge in [0.25, 0.3) is 0 Å². The highest BCUT2D eigenvalue weighted by Crippen LogP contribution is 2.12. The lowest BCUT2D eigenvalue weighted by Crippen LogP contribution is -1.80. The van der Waals surface area contributed by atoms with Gasteiger partial charge in [0, 0.05) is 4.47 Å². The van der Waals surface area contributed by atoms with Crippen LogP contribution in [-0.4, -0.2) is 0 Å². The van der Waals surface area contributed by atoms with E-state index in [1.807, 2.05) is 12.1 Å². The van der Waals surface area contributed by atoms with E-state index in [1.165, 1.54) is 5.56 Å². The summed E-state index contributed by atoms with van der Waals surface area (Å²) < 4.78 is 1.12. The first-order valence-electron chi connectivity index (χ1n) is 3.27. The first kappa shape index (κ1) is 7.80. The molecule has 0 N–H and O–H groups in total. The Bertz CT molecular complexity index is 206. The molecule has 0 heterocycles. The molecule has 0 unspecified atom stereocenters. The van der Waals surface area contributed by atoms with Crippen LogP contribution < -0.4 is 0 Å². The SMILES string of the molecule is [CH]CCc1cccc(Br)c1. The monoisotopic (exact) mass is 196 g/mol. The maximum absolute atomic E-state index is 5.40. The van der Waals surface area contributed by atoms with Crippen molar-refractivity contribution in [2.75, 3.05) is 0 Å². The molecule has 0 aromatic heterocycles. The molecule has 1 aromatic carbocycles. The van der Waals surface area contributed by atoms with Gasteiger partial charge >= 0.3 is 0 Å². The van der Waals surface area contributed by atoms with Crippen LogP contribution in [0.1, 0.15) is 12.0 Å². The highest BCUT2D eigenvalue weighted by molar-refractivity contribution is 9.10. The van der Waals surface area contributed by atoms with Gasteiger partial charge in [0.15, 0.2) is 0 Å². The van der Waals surface area contributed by atoms with Crippen LogP contribution in [0.25, 0.3) is 0 Å². The van der Waals surface area contributed by atoms with Gasteiger partial charge in [0.2, 0.25) is 0 Å². The van der Waals surface area contributed by atoms with Gasteiger partial charge in [-0.3, -0.25) is 0 Å². The van der Waals surface area contributed by atoms with Gasteiger partial charge in [0.1, 0.15) is 0 Å². The van der Waals surface area contributed by atoms with E-state index < -0.39 is 0 Å². The Balaban J connectivity index is 2.75. The minimum atomic E-state index is 0.719. The summed E-state index contributed by atoms with van der Waals surface area (Å²) in [6.45, 7) is 5.40. The maximum atomic E-state index is 5.40. The Morgan fingerprint density at radius 2 is 2.20 bits per heavy atom. The number of hydrogen-bond acceptors (Lipinski definition) is 0. The molecule has 0 amide bonds. The first-order valence-corrected chi connectivity index (χ1v) is 4.07. The van der Waals surface area contributed by atoms with Gasteiger partial charge < -0.3 is 0 Å². The van der Waals surface area contributed by atoms with Crippen molar-refractivity contribution >= 4 is 15.9 Å². The molecule has 0 nitrogen and oxygen atoms in total. The number of aryl methyl sites for hydroxylation is 1. The van der Waals surface area contributed by atoms with Crippen LogP contribution >= 0.6 is 15.9 Å². The molecule has 1 rings (SSSR count). The zero-order valence-corrected chi connectivity index (χ0v) is 7.26. The molecule has 0 aliphatic rings. The average Bonchev–Trinajstić information content (AvgIpc) is 1.88. The van der Waals surface area contributed by atoms with E-state index in [2.05, 4.69) is 28.1 Å². The fourth-order valence-electron chi connectivity index (χ4n) is 0.859. The molecule has 1 aromatic rings. The predicted octanol–water partition coefficient (Wildman–Crippen LogP) is 3.09. The topological polar surface area (TPSA) is 0 Å². The lowest BCUT2D eigenvalue weighted by atomic mass is 10.1. The van der Waals surface area contributed by atoms with Crippen molar-refractivity contribution in [2.45, 2.75) is 12.8 Å². The molecule has 0 atom stereocenters. The normalized spacial score (nSPS) is 9.80. The molecule has 0 saturated heterocycles. The summed E-state index contributed by atoms with van der Waals surface area (Å²) in [5.41, 5.74) is 1.29. The second kappa shape index (κ2) is 3.77. The van der Waals surface area contributed by atoms with Crippen molar-refractivity contribution in [1.82, 2.24) is 0 Å². The van der Waals surface area contributed by atoms with Crippen LogP contribution in [-0.2, 0) is 6.42 Å². The van der Waals surface area contributed by atoms with Gasteiger partial charge in [-0.05, 0) is 37.5 Å². The minimum absolute atomic E-state index is 0.719. The molecular weight excluding hydrogens is 188 g/mol. The van der Waals surface area contributed by atoms with E-state index in [0.29, 0.717) is 0 Å². The van der Waals surface area contributed by atoms with Crippen LogP contribution in [0.4, 0.5) is 0 Å². The standard InChI is InChI=1S/C9H9Br/c1-2-4-8-5-3-6-9(10)7-8/h1,3,5-7H,2,4H2. The molecule has 0 bridgehead atoms. The summed E-state index contributed by atoms with van der Waals surface area (Å²) in [5.74, 6) is 0. The fourth-order valence-corrected chi connectivity index (χ4v) is 1.31. The Hall–Kier alpha value is -0.300. The quantitative estimate of drug-likeness (QED) is 0.683. The number of benzene rings is 1. The molecule has 0 aliphatic carbocycles. The van der Waals surface area contributed by atoms with E-state index in [9.17, 15) is 0 Å². The molecule has 1 heteroatoms. The van der Waals surface area contributed by atoms with Crippen LogP contribution in [0, 0.1) is 6.92 Å². The van der Waals surface area contributed by atoms with Gasteiger partial charge in [-0.1, -0.05) is 28.1 Å². The van der Waals surface area contributed by atoms with Gasteiger partial charge in [-0.15, -0.1) is 0 Å². The van der Waals surface area contributed by atoms with Crippen molar-refractivity contribution in [3.05, 3.63) is 41.2 Å². The summed E-state index contributed by atoms with van der Waals surface area (Å²) >= 11 is 3.39. The number of hydrogen-bond donors (Lipinski definition) is 0.